The summed E-state index contributed by atoms with van der Waals surface area (Å²) in [5.74, 6) is 2.06. The van der Waals surface area contributed by atoms with Crippen molar-refractivity contribution in [2.75, 3.05) is 16.0 Å². The van der Waals surface area contributed by atoms with Gasteiger partial charge < -0.3 is 21.1 Å². The smallest absolute Gasteiger partial charge is 0.230 e. The van der Waals surface area contributed by atoms with Gasteiger partial charge in [-0.25, -0.2) is 4.98 Å². The molecule has 0 saturated heterocycles. The molecule has 34 heavy (non-hydrogen) atoms. The Bertz CT molecular complexity index is 1130. The van der Waals surface area contributed by atoms with Gasteiger partial charge >= 0.3 is 0 Å². The van der Waals surface area contributed by atoms with Gasteiger partial charge in [-0.1, -0.05) is 32.9 Å². The van der Waals surface area contributed by atoms with Gasteiger partial charge in [0.25, 0.3) is 0 Å². The Labute approximate surface area is 203 Å². The highest BCUT2D eigenvalue weighted by molar-refractivity contribution is 5.62. The van der Waals surface area contributed by atoms with Crippen LogP contribution in [0.2, 0.25) is 0 Å². The fraction of sp³-hybridized carbons (Fsp3) is 0.444. The van der Waals surface area contributed by atoms with Crippen LogP contribution in [0.15, 0.2) is 48.5 Å². The van der Waals surface area contributed by atoms with Gasteiger partial charge in [0, 0.05) is 34.1 Å². The summed E-state index contributed by atoms with van der Waals surface area (Å²) in [6.45, 7) is 16.8. The van der Waals surface area contributed by atoms with Crippen LogP contribution in [0.3, 0.4) is 0 Å². The summed E-state index contributed by atoms with van der Waals surface area (Å²) in [5, 5.41) is 20.2. The molecule has 0 bridgehead atoms. The molecule has 0 aliphatic heterocycles. The zero-order chi connectivity index (χ0) is 25.1. The molecule has 0 atom stereocenters. The van der Waals surface area contributed by atoms with E-state index in [0.29, 0.717) is 11.8 Å². The molecule has 182 valence electrons. The molecule has 1 heterocycles. The molecule has 7 nitrogen and oxygen atoms in total. The van der Waals surface area contributed by atoms with E-state index < -0.39 is 5.54 Å². The molecule has 7 heteroatoms. The zero-order valence-electron chi connectivity index (χ0n) is 21.6. The topological polar surface area (TPSA) is 95.0 Å². The first-order valence-corrected chi connectivity index (χ1v) is 11.8. The highest BCUT2D eigenvalue weighted by atomic mass is 16.3. The zero-order valence-corrected chi connectivity index (χ0v) is 21.6. The standard InChI is InChI=1S/C27H38N6O/c1-9-26(5,6)22-29-23(27(7,8)33-20-14-11-15-21(34)17-20)31-24(30-22)28-18-12-10-13-19(16-18)32-25(2,3)4/h10-17,32-34H,9H2,1-8H3,(H,28,29,30,31). The second kappa shape index (κ2) is 9.49. The summed E-state index contributed by atoms with van der Waals surface area (Å²) in [6, 6.07) is 15.1. The summed E-state index contributed by atoms with van der Waals surface area (Å²) in [5.41, 5.74) is 1.83. The van der Waals surface area contributed by atoms with E-state index in [2.05, 4.69) is 63.6 Å². The highest BCUT2D eigenvalue weighted by Gasteiger charge is 2.30. The maximum Gasteiger partial charge on any atom is 0.230 e. The van der Waals surface area contributed by atoms with Crippen molar-refractivity contribution >= 4 is 23.0 Å². The van der Waals surface area contributed by atoms with Gasteiger partial charge in [0.15, 0.2) is 5.82 Å². The number of benzene rings is 2. The minimum absolute atomic E-state index is 0.0428. The summed E-state index contributed by atoms with van der Waals surface area (Å²) in [7, 11) is 0. The van der Waals surface area contributed by atoms with Crippen molar-refractivity contribution in [2.24, 2.45) is 0 Å². The molecular weight excluding hydrogens is 424 g/mol. The van der Waals surface area contributed by atoms with E-state index in [9.17, 15) is 5.11 Å². The predicted molar refractivity (Wildman–Crippen MR) is 141 cm³/mol. The maximum absolute atomic E-state index is 9.87. The molecule has 0 radical (unpaired) electrons. The number of aromatic nitrogens is 3. The fourth-order valence-electron chi connectivity index (χ4n) is 3.41. The molecule has 0 spiro atoms. The van der Waals surface area contributed by atoms with E-state index >= 15 is 0 Å². The Hall–Kier alpha value is -3.35. The van der Waals surface area contributed by atoms with E-state index in [1.165, 1.54) is 0 Å². The number of rotatable bonds is 8. The first-order valence-electron chi connectivity index (χ1n) is 11.8. The maximum atomic E-state index is 9.87. The minimum atomic E-state index is -0.610. The van der Waals surface area contributed by atoms with Crippen molar-refractivity contribution in [3.63, 3.8) is 0 Å². The van der Waals surface area contributed by atoms with Gasteiger partial charge in [0.05, 0.1) is 5.54 Å². The van der Waals surface area contributed by atoms with Gasteiger partial charge in [-0.05, 0) is 71.4 Å². The number of aromatic hydroxyl groups is 1. The average molecular weight is 463 g/mol. The van der Waals surface area contributed by atoms with Crippen LogP contribution in [0.25, 0.3) is 0 Å². The highest BCUT2D eigenvalue weighted by Crippen LogP contribution is 2.30. The summed E-state index contributed by atoms with van der Waals surface area (Å²) in [4.78, 5) is 14.5. The quantitative estimate of drug-likeness (QED) is 0.301. The Morgan fingerprint density at radius 3 is 1.94 bits per heavy atom. The van der Waals surface area contributed by atoms with Crippen molar-refractivity contribution in [1.29, 1.82) is 0 Å². The Kier molecular flexibility index (Phi) is 7.05. The van der Waals surface area contributed by atoms with E-state index in [4.69, 9.17) is 15.0 Å². The van der Waals surface area contributed by atoms with Crippen LogP contribution in [0, 0.1) is 0 Å². The molecule has 1 aromatic heterocycles. The fourth-order valence-corrected chi connectivity index (χ4v) is 3.41. The SMILES string of the molecule is CCC(C)(C)c1nc(Nc2cccc(NC(C)(C)C)c2)nc(C(C)(C)Nc2cccc(O)c2)n1. The van der Waals surface area contributed by atoms with Crippen LogP contribution in [0.1, 0.15) is 73.5 Å². The van der Waals surface area contributed by atoms with E-state index in [1.807, 2.05) is 38.1 Å². The average Bonchev–Trinajstić information content (AvgIpc) is 2.72. The third-order valence-corrected chi connectivity index (χ3v) is 5.62. The Morgan fingerprint density at radius 2 is 1.32 bits per heavy atom. The van der Waals surface area contributed by atoms with Crippen molar-refractivity contribution in [1.82, 2.24) is 15.0 Å². The van der Waals surface area contributed by atoms with Crippen LogP contribution >= 0.6 is 0 Å². The Balaban J connectivity index is 1.99. The van der Waals surface area contributed by atoms with Crippen molar-refractivity contribution in [3.05, 3.63) is 60.2 Å². The first kappa shape index (κ1) is 25.3. The van der Waals surface area contributed by atoms with Crippen molar-refractivity contribution < 1.29 is 5.11 Å². The van der Waals surface area contributed by atoms with Gasteiger partial charge in [-0.3, -0.25) is 0 Å². The van der Waals surface area contributed by atoms with Crippen molar-refractivity contribution in [2.45, 2.75) is 78.3 Å². The lowest BCUT2D eigenvalue weighted by Crippen LogP contribution is -2.33. The molecule has 3 aromatic rings. The normalized spacial score (nSPS) is 12.4. The van der Waals surface area contributed by atoms with Gasteiger partial charge in [0.1, 0.15) is 11.6 Å². The number of phenols is 1. The van der Waals surface area contributed by atoms with Crippen LogP contribution in [-0.2, 0) is 11.0 Å². The number of nitrogens with zero attached hydrogens (tertiary/aromatic N) is 3. The van der Waals surface area contributed by atoms with E-state index in [-0.39, 0.29) is 16.7 Å². The third kappa shape index (κ3) is 6.59. The summed E-state index contributed by atoms with van der Waals surface area (Å²) >= 11 is 0. The molecule has 2 aromatic carbocycles. The second-order valence-corrected chi connectivity index (χ2v) is 10.9. The van der Waals surface area contributed by atoms with Gasteiger partial charge in [-0.2, -0.15) is 9.97 Å². The largest absolute Gasteiger partial charge is 0.508 e. The molecule has 4 N–H and O–H groups in total. The molecule has 0 aliphatic rings. The lowest BCUT2D eigenvalue weighted by Gasteiger charge is -2.29. The monoisotopic (exact) mass is 462 g/mol. The molecule has 0 aliphatic carbocycles. The van der Waals surface area contributed by atoms with Crippen LogP contribution < -0.4 is 16.0 Å². The molecule has 3 rings (SSSR count). The van der Waals surface area contributed by atoms with E-state index in [0.717, 1.165) is 29.3 Å². The van der Waals surface area contributed by atoms with Crippen molar-refractivity contribution in [3.8, 4) is 5.75 Å². The molecule has 0 amide bonds. The first-order chi connectivity index (χ1) is 15.8. The predicted octanol–water partition coefficient (Wildman–Crippen LogP) is 6.57. The summed E-state index contributed by atoms with van der Waals surface area (Å²) in [6.07, 6.45) is 0.890. The lowest BCUT2D eigenvalue weighted by atomic mass is 9.89. The van der Waals surface area contributed by atoms with E-state index in [1.54, 1.807) is 18.2 Å². The van der Waals surface area contributed by atoms with Gasteiger partial charge in [0.2, 0.25) is 5.95 Å². The minimum Gasteiger partial charge on any atom is -0.508 e. The van der Waals surface area contributed by atoms with Crippen LogP contribution in [-0.4, -0.2) is 25.6 Å². The molecule has 0 unspecified atom stereocenters. The molecular formula is C27H38N6O. The number of nitrogens with one attached hydrogen (secondary N) is 3. The molecule has 0 fully saturated rings. The third-order valence-electron chi connectivity index (χ3n) is 5.62. The summed E-state index contributed by atoms with van der Waals surface area (Å²) < 4.78 is 0. The van der Waals surface area contributed by atoms with Crippen LogP contribution in [0.4, 0.5) is 23.0 Å². The number of phenolic OH excluding ortho intramolecular Hbond substituents is 1. The molecule has 0 saturated carbocycles. The Morgan fingerprint density at radius 1 is 0.735 bits per heavy atom. The lowest BCUT2D eigenvalue weighted by molar-refractivity contribution is 0.456. The number of hydrogen-bond donors (Lipinski definition) is 4. The number of hydrogen-bond acceptors (Lipinski definition) is 7. The number of anilines is 4. The van der Waals surface area contributed by atoms with Crippen LogP contribution in [0.5, 0.6) is 5.75 Å². The second-order valence-electron chi connectivity index (χ2n) is 10.9. The van der Waals surface area contributed by atoms with Gasteiger partial charge in [-0.15, -0.1) is 0 Å².